The number of benzene rings is 1. The van der Waals surface area contributed by atoms with Crippen molar-refractivity contribution in [3.8, 4) is 5.75 Å². The van der Waals surface area contributed by atoms with E-state index in [1.54, 1.807) is 0 Å². The van der Waals surface area contributed by atoms with Gasteiger partial charge in [-0.1, -0.05) is 0 Å². The minimum Gasteiger partial charge on any atom is -0.479 e. The Labute approximate surface area is 197 Å². The third-order valence-corrected chi connectivity index (χ3v) is 8.05. The molecular weight excluding hydrogens is 499 g/mol. The highest BCUT2D eigenvalue weighted by Crippen LogP contribution is 2.48. The predicted molar refractivity (Wildman–Crippen MR) is 117 cm³/mol. The molecule has 0 saturated carbocycles. The molecule has 0 radical (unpaired) electrons. The fourth-order valence-electron chi connectivity index (χ4n) is 4.33. The van der Waals surface area contributed by atoms with Crippen LogP contribution in [0.1, 0.15) is 13.3 Å². The Morgan fingerprint density at radius 1 is 1.31 bits per heavy atom. The Balaban J connectivity index is 1.45. The first-order valence-corrected chi connectivity index (χ1v) is 12.4. The van der Waals surface area contributed by atoms with Gasteiger partial charge in [-0.15, -0.1) is 0 Å². The van der Waals surface area contributed by atoms with Crippen molar-refractivity contribution in [2.45, 2.75) is 32.0 Å². The van der Waals surface area contributed by atoms with Gasteiger partial charge in [-0.2, -0.15) is 13.2 Å². The van der Waals surface area contributed by atoms with Crippen molar-refractivity contribution in [1.29, 1.82) is 0 Å². The average molecular weight is 522 g/mol. The van der Waals surface area contributed by atoms with Gasteiger partial charge in [-0.05, 0) is 25.3 Å². The summed E-state index contributed by atoms with van der Waals surface area (Å²) < 4.78 is 98.6. The molecule has 3 aliphatic rings. The van der Waals surface area contributed by atoms with E-state index in [0.717, 1.165) is 12.1 Å². The number of aliphatic imine (C=N–C) groups is 1. The molecule has 1 aromatic rings. The lowest BCUT2D eigenvalue weighted by Gasteiger charge is -2.38. The lowest BCUT2D eigenvalue weighted by atomic mass is 9.75. The van der Waals surface area contributed by atoms with Crippen LogP contribution in [0, 0.1) is 23.0 Å². The maximum absolute atomic E-state index is 14.8. The van der Waals surface area contributed by atoms with Crippen LogP contribution in [0.3, 0.4) is 0 Å². The number of amidine groups is 1. The van der Waals surface area contributed by atoms with Crippen molar-refractivity contribution in [2.24, 2.45) is 16.3 Å². The Morgan fingerprint density at radius 3 is 2.60 bits per heavy atom. The van der Waals surface area contributed by atoms with E-state index in [1.807, 2.05) is 0 Å². The number of aliphatic hydroxyl groups excluding tert-OH is 1. The van der Waals surface area contributed by atoms with Crippen molar-refractivity contribution >= 4 is 21.4 Å². The smallest absolute Gasteiger partial charge is 0.415 e. The predicted octanol–water partition coefficient (Wildman–Crippen LogP) is 2.41. The quantitative estimate of drug-likeness (QED) is 0.322. The van der Waals surface area contributed by atoms with Crippen LogP contribution in [0.4, 0.5) is 27.6 Å². The minimum absolute atomic E-state index is 0.0102. The van der Waals surface area contributed by atoms with Crippen LogP contribution < -0.4 is 20.7 Å². The molecule has 0 bridgehead atoms. The second-order valence-corrected chi connectivity index (χ2v) is 11.0. The number of fused-ring (bicyclic) bond motifs is 1. The van der Waals surface area contributed by atoms with Crippen LogP contribution in [0.25, 0.3) is 0 Å². The van der Waals surface area contributed by atoms with E-state index >= 15 is 0 Å². The molecule has 0 aromatic heterocycles. The standard InChI is InChI=1S/C21H23F5N4O4S/c1-20-15(21(24,25)26)9-28-18(20)27-4-2-16(20)34-17-13(22)6-12(7-14(17)23)30-19(31)29-8-11-3-5-35(32,33)10-11/h2,4,6-7,9,11,16,19,29-31H,3,5,8,10H2,1H3,(H,27,28). The number of nitrogens with one attached hydrogen (secondary N) is 3. The second kappa shape index (κ2) is 9.06. The zero-order valence-corrected chi connectivity index (χ0v) is 19.2. The molecule has 1 saturated heterocycles. The molecule has 3 heterocycles. The van der Waals surface area contributed by atoms with Crippen LogP contribution in [0.5, 0.6) is 5.75 Å². The third kappa shape index (κ3) is 5.14. The van der Waals surface area contributed by atoms with Crippen molar-refractivity contribution in [1.82, 2.24) is 10.6 Å². The number of anilines is 1. The van der Waals surface area contributed by atoms with Crippen LogP contribution in [-0.2, 0) is 9.84 Å². The zero-order valence-electron chi connectivity index (χ0n) is 18.4. The van der Waals surface area contributed by atoms with Crippen LogP contribution in [-0.4, -0.2) is 56.0 Å². The van der Waals surface area contributed by atoms with Gasteiger partial charge < -0.3 is 20.5 Å². The molecule has 4 N–H and O–H groups in total. The lowest BCUT2D eigenvalue weighted by molar-refractivity contribution is -0.106. The number of halogens is 5. The summed E-state index contributed by atoms with van der Waals surface area (Å²) in [4.78, 5) is 3.74. The number of hydrogen-bond acceptors (Lipinski definition) is 8. The summed E-state index contributed by atoms with van der Waals surface area (Å²) in [6.45, 7) is 1.38. The van der Waals surface area contributed by atoms with Crippen LogP contribution in [0.2, 0.25) is 0 Å². The number of hydrogen-bond donors (Lipinski definition) is 4. The first-order chi connectivity index (χ1) is 16.3. The van der Waals surface area contributed by atoms with Crippen molar-refractivity contribution < 1.29 is 40.2 Å². The second-order valence-electron chi connectivity index (χ2n) is 8.76. The van der Waals surface area contributed by atoms with Gasteiger partial charge in [0.05, 0.1) is 22.5 Å². The summed E-state index contributed by atoms with van der Waals surface area (Å²) >= 11 is 0. The van der Waals surface area contributed by atoms with E-state index in [4.69, 9.17) is 4.74 Å². The highest BCUT2D eigenvalue weighted by molar-refractivity contribution is 7.91. The highest BCUT2D eigenvalue weighted by Gasteiger charge is 2.56. The summed E-state index contributed by atoms with van der Waals surface area (Å²) in [6, 6.07) is 1.64. The van der Waals surface area contributed by atoms with Gasteiger partial charge in [0, 0.05) is 36.8 Å². The van der Waals surface area contributed by atoms with E-state index in [2.05, 4.69) is 20.9 Å². The maximum atomic E-state index is 14.8. The van der Waals surface area contributed by atoms with Crippen molar-refractivity contribution in [3.63, 3.8) is 0 Å². The average Bonchev–Trinajstić information content (AvgIpc) is 3.28. The summed E-state index contributed by atoms with van der Waals surface area (Å²) in [7, 11) is -3.09. The Hall–Kier alpha value is -2.71. The molecule has 1 aromatic carbocycles. The molecule has 4 atom stereocenters. The highest BCUT2D eigenvalue weighted by atomic mass is 32.2. The molecular formula is C21H23F5N4O4S. The minimum atomic E-state index is -4.74. The van der Waals surface area contributed by atoms with Gasteiger partial charge in [0.15, 0.2) is 33.6 Å². The monoisotopic (exact) mass is 522 g/mol. The van der Waals surface area contributed by atoms with Crippen LogP contribution >= 0.6 is 0 Å². The number of ether oxygens (including phenoxy) is 1. The molecule has 8 nitrogen and oxygen atoms in total. The Bertz CT molecular complexity index is 1180. The van der Waals surface area contributed by atoms with Crippen LogP contribution in [0.15, 0.2) is 41.2 Å². The SMILES string of the molecule is CC12C(C(F)(F)F)=CN=C1NC=CC2Oc1c(F)cc(NC(O)NCC2CCS(=O)(=O)C2)cc1F. The van der Waals surface area contributed by atoms with E-state index < -0.39 is 56.8 Å². The molecule has 0 aliphatic carbocycles. The Kier molecular flexibility index (Phi) is 6.57. The molecule has 4 unspecified atom stereocenters. The molecule has 192 valence electrons. The van der Waals surface area contributed by atoms with Gasteiger partial charge in [0.1, 0.15) is 11.9 Å². The molecule has 0 amide bonds. The first kappa shape index (κ1) is 25.4. The number of alkyl halides is 3. The van der Waals surface area contributed by atoms with Gasteiger partial charge in [0.25, 0.3) is 0 Å². The van der Waals surface area contributed by atoms with Gasteiger partial charge in [-0.25, -0.2) is 22.2 Å². The maximum Gasteiger partial charge on any atom is 0.415 e. The molecule has 0 spiro atoms. The number of rotatable bonds is 7. The summed E-state index contributed by atoms with van der Waals surface area (Å²) in [5, 5.41) is 17.7. The normalized spacial score (nSPS) is 28.1. The van der Waals surface area contributed by atoms with Crippen molar-refractivity contribution in [3.05, 3.63) is 47.8 Å². The van der Waals surface area contributed by atoms with Gasteiger partial charge in [0.2, 0.25) is 0 Å². The van der Waals surface area contributed by atoms with E-state index in [-0.39, 0.29) is 35.5 Å². The number of sulfone groups is 1. The summed E-state index contributed by atoms with van der Waals surface area (Å²) in [6.07, 6.45) is -4.01. The zero-order chi connectivity index (χ0) is 25.6. The van der Waals surface area contributed by atoms with Gasteiger partial charge in [-0.3, -0.25) is 5.32 Å². The lowest BCUT2D eigenvalue weighted by Crippen LogP contribution is -2.52. The van der Waals surface area contributed by atoms with Gasteiger partial charge >= 0.3 is 6.18 Å². The van der Waals surface area contributed by atoms with Crippen molar-refractivity contribution in [2.75, 3.05) is 23.4 Å². The van der Waals surface area contributed by atoms with E-state index in [1.165, 1.54) is 19.2 Å². The first-order valence-electron chi connectivity index (χ1n) is 10.6. The fraction of sp³-hybridized carbons (Fsp3) is 0.476. The molecule has 35 heavy (non-hydrogen) atoms. The number of aliphatic hydroxyl groups is 1. The third-order valence-electron chi connectivity index (χ3n) is 6.21. The Morgan fingerprint density at radius 2 is 2.00 bits per heavy atom. The summed E-state index contributed by atoms with van der Waals surface area (Å²) in [5.41, 5.74) is -3.04. The largest absolute Gasteiger partial charge is 0.479 e. The fourth-order valence-corrected chi connectivity index (χ4v) is 6.20. The van der Waals surface area contributed by atoms with E-state index in [9.17, 15) is 35.5 Å². The summed E-state index contributed by atoms with van der Waals surface area (Å²) in [5.74, 6) is -3.50. The number of nitrogens with zero attached hydrogens (tertiary/aromatic N) is 1. The molecule has 1 fully saturated rings. The molecule has 3 aliphatic heterocycles. The topological polar surface area (TPSA) is 112 Å². The van der Waals surface area contributed by atoms with E-state index in [0.29, 0.717) is 12.6 Å². The molecule has 4 rings (SSSR count). The molecule has 14 heteroatoms.